The standard InChI is InChI=1S/2La.Ni.2H2O.2O/h;;;2*1H2;;/q2*+1;;;;;/p-2. The van der Waals surface area contributed by atoms with Crippen LogP contribution in [-0.2, 0) is 19.9 Å². The number of rotatable bonds is 0. The molecule has 0 atom stereocenters. The molecule has 0 amide bonds. The van der Waals surface area contributed by atoms with Crippen molar-refractivity contribution < 1.29 is 89.0 Å². The molecule has 0 heterocycles. The van der Waals surface area contributed by atoms with Crippen LogP contribution in [0.2, 0.25) is 0 Å². The molecule has 0 spiro atoms. The van der Waals surface area contributed by atoms with E-state index >= 15 is 0 Å². The van der Waals surface area contributed by atoms with Gasteiger partial charge in [0, 0.05) is 16.5 Å². The van der Waals surface area contributed by atoms with Crippen molar-refractivity contribution in [1.82, 2.24) is 0 Å². The first-order chi connectivity index (χ1) is 2.83. The second kappa shape index (κ2) is 23.8. The fraction of sp³-hybridized carbons (Fsp3) is 0. The molecular formula is H2La2NiO4. The second-order valence-corrected chi connectivity index (χ2v) is 1.53. The number of hydrogen-bond acceptors (Lipinski definition) is 2. The molecule has 7 heavy (non-hydrogen) atoms. The van der Waals surface area contributed by atoms with Crippen LogP contribution in [0.1, 0.15) is 0 Å². The van der Waals surface area contributed by atoms with E-state index in [1.807, 2.05) is 0 Å². The van der Waals surface area contributed by atoms with Crippen molar-refractivity contribution in [2.45, 2.75) is 0 Å². The van der Waals surface area contributed by atoms with Gasteiger partial charge < -0.3 is 0 Å². The molecule has 0 aliphatic carbocycles. The summed E-state index contributed by atoms with van der Waals surface area (Å²) in [7, 11) is 0. The summed E-state index contributed by atoms with van der Waals surface area (Å²) in [5, 5.41) is 0. The summed E-state index contributed by atoms with van der Waals surface area (Å²) in [6.45, 7) is 0. The third-order valence-electron chi connectivity index (χ3n) is 0. The summed E-state index contributed by atoms with van der Waals surface area (Å²) < 4.78 is 31.8. The molecule has 42 valence electrons. The molecule has 0 unspecified atom stereocenters. The Morgan fingerprint density at radius 3 is 1.00 bits per heavy atom. The summed E-state index contributed by atoms with van der Waals surface area (Å²) in [6, 6.07) is 0. The van der Waals surface area contributed by atoms with E-state index in [4.69, 9.17) is 7.54 Å². The normalized spacial score (nSPS) is 2.57. The Morgan fingerprint density at radius 1 is 1.00 bits per heavy atom. The molecule has 0 saturated carbocycles. The van der Waals surface area contributed by atoms with Crippen molar-refractivity contribution in [1.29, 1.82) is 0 Å². The molecule has 0 aliphatic rings. The van der Waals surface area contributed by atoms with Crippen molar-refractivity contribution >= 4 is 0 Å². The van der Waals surface area contributed by atoms with Crippen LogP contribution in [0, 0.1) is 65.0 Å². The number of hydrogen-bond donors (Lipinski definition) is 2. The van der Waals surface area contributed by atoms with Gasteiger partial charge in [-0.1, -0.05) is 0 Å². The minimum absolute atomic E-state index is 0. The fourth-order valence-electron chi connectivity index (χ4n) is 0. The zero-order valence-corrected chi connectivity index (χ0v) is 11.4. The summed E-state index contributed by atoms with van der Waals surface area (Å²) in [5.41, 5.74) is 0. The van der Waals surface area contributed by atoms with Gasteiger partial charge >= 0.3 is 72.5 Å². The topological polar surface area (TPSA) is 74.6 Å². The zero-order chi connectivity index (χ0) is 5.41. The molecule has 0 rings (SSSR count). The van der Waals surface area contributed by atoms with Crippen molar-refractivity contribution in [3.63, 3.8) is 0 Å². The van der Waals surface area contributed by atoms with Crippen molar-refractivity contribution in [3.8, 4) is 0 Å². The Labute approximate surface area is 86.9 Å². The van der Waals surface area contributed by atoms with Crippen LogP contribution in [0.3, 0.4) is 0 Å². The first-order valence-electron chi connectivity index (χ1n) is 0.988. The van der Waals surface area contributed by atoms with E-state index in [1.54, 1.807) is 0 Å². The van der Waals surface area contributed by atoms with E-state index in [0.717, 1.165) is 0 Å². The molecule has 0 aromatic carbocycles. The van der Waals surface area contributed by atoms with Crippen molar-refractivity contribution in [2.75, 3.05) is 0 Å². The molecule has 0 saturated heterocycles. The summed E-state index contributed by atoms with van der Waals surface area (Å²) >= 11 is -4.50. The predicted molar refractivity (Wildman–Crippen MR) is 5.81 cm³/mol. The van der Waals surface area contributed by atoms with Crippen molar-refractivity contribution in [3.05, 3.63) is 0 Å². The van der Waals surface area contributed by atoms with Gasteiger partial charge in [-0.15, -0.1) is 0 Å². The van der Waals surface area contributed by atoms with Gasteiger partial charge in [0.05, 0.1) is 0 Å². The SMILES string of the molecule is [Ni].[O]=[La][OH].[O]=[La][OH]. The third kappa shape index (κ3) is 59.7. The van der Waals surface area contributed by atoms with Crippen LogP contribution in [0.4, 0.5) is 0 Å². The maximum atomic E-state index is 8.69. The minimum atomic E-state index is -2.25. The first-order valence-corrected chi connectivity index (χ1v) is 7.19. The van der Waals surface area contributed by atoms with Gasteiger partial charge in [0.2, 0.25) is 0 Å². The van der Waals surface area contributed by atoms with Gasteiger partial charge in [-0.2, -0.15) is 0 Å². The second-order valence-electron chi connectivity index (χ2n) is 0.211. The molecule has 0 aliphatic heterocycles. The molecule has 7 heteroatoms. The Kier molecular flexibility index (Phi) is 55.0. The maximum absolute atomic E-state index is 8.69. The summed E-state index contributed by atoms with van der Waals surface area (Å²) in [5.74, 6) is 0. The molecule has 0 fully saturated rings. The third-order valence-corrected chi connectivity index (χ3v) is 0. The predicted octanol–water partition coefficient (Wildman–Crippen LogP) is -1.35. The Morgan fingerprint density at radius 2 is 1.00 bits per heavy atom. The molecule has 0 bridgehead atoms. The van der Waals surface area contributed by atoms with E-state index in [1.165, 1.54) is 0 Å². The van der Waals surface area contributed by atoms with E-state index < -0.39 is 65.0 Å². The first kappa shape index (κ1) is 16.2. The van der Waals surface area contributed by atoms with E-state index in [0.29, 0.717) is 0 Å². The molecule has 2 N–H and O–H groups in total. The Hall–Kier alpha value is 2.40. The molecule has 0 aromatic rings. The van der Waals surface area contributed by atoms with Gasteiger partial charge in [-0.25, -0.2) is 0 Å². The Bertz CT molecular complexity index is 30.7. The van der Waals surface area contributed by atoms with Crippen LogP contribution in [-0.4, -0.2) is 4.15 Å². The Balaban J connectivity index is -0.0000000400. The summed E-state index contributed by atoms with van der Waals surface area (Å²) in [6.07, 6.45) is 0. The van der Waals surface area contributed by atoms with Gasteiger partial charge in [0.1, 0.15) is 0 Å². The molecule has 0 aromatic heterocycles. The van der Waals surface area contributed by atoms with Crippen molar-refractivity contribution in [2.24, 2.45) is 0 Å². The fourth-order valence-corrected chi connectivity index (χ4v) is 0. The van der Waals surface area contributed by atoms with Crippen LogP contribution in [0.5, 0.6) is 0 Å². The van der Waals surface area contributed by atoms with Gasteiger partial charge in [0.15, 0.2) is 0 Å². The van der Waals surface area contributed by atoms with Gasteiger partial charge in [-0.3, -0.25) is 0 Å². The van der Waals surface area contributed by atoms with Crippen LogP contribution in [0.25, 0.3) is 0 Å². The molecular weight excluding hydrogens is 401 g/mol. The van der Waals surface area contributed by atoms with E-state index in [2.05, 4.69) is 0 Å². The van der Waals surface area contributed by atoms with Crippen LogP contribution >= 0.6 is 0 Å². The zero-order valence-electron chi connectivity index (χ0n) is 3.18. The van der Waals surface area contributed by atoms with E-state index in [9.17, 15) is 0 Å². The quantitative estimate of drug-likeness (QED) is 0.491. The van der Waals surface area contributed by atoms with Crippen LogP contribution < -0.4 is 0 Å². The van der Waals surface area contributed by atoms with Gasteiger partial charge in [-0.05, 0) is 0 Å². The van der Waals surface area contributed by atoms with Gasteiger partial charge in [0.25, 0.3) is 0 Å². The average Bonchev–Trinajstić information content (AvgIpc) is 1.39. The van der Waals surface area contributed by atoms with E-state index in [-0.39, 0.29) is 16.5 Å². The monoisotopic (exact) mass is 402 g/mol. The molecule has 0 radical (unpaired) electrons. The summed E-state index contributed by atoms with van der Waals surface area (Å²) in [4.78, 5) is 0. The van der Waals surface area contributed by atoms with Crippen LogP contribution in [0.15, 0.2) is 0 Å². The average molecular weight is 403 g/mol. The molecule has 4 nitrogen and oxygen atoms in total.